The number of anilines is 1. The number of rotatable bonds is 5. The standard InChI is InChI=1S/C11H12F3N5O/c12-11(13,14)7-20-5-4-19-10(16-17-18-19)8-2-1-3-9(15)6-8/h1-3,6H,4-5,7,15H2. The van der Waals surface area contributed by atoms with Crippen molar-refractivity contribution in [2.75, 3.05) is 18.9 Å². The molecule has 0 fully saturated rings. The van der Waals surface area contributed by atoms with Gasteiger partial charge in [0.15, 0.2) is 5.82 Å². The van der Waals surface area contributed by atoms with Crippen molar-refractivity contribution in [3.8, 4) is 11.4 Å². The quantitative estimate of drug-likeness (QED) is 0.666. The van der Waals surface area contributed by atoms with Gasteiger partial charge in [0.25, 0.3) is 0 Å². The number of alkyl halides is 3. The van der Waals surface area contributed by atoms with E-state index >= 15 is 0 Å². The topological polar surface area (TPSA) is 78.9 Å². The second-order valence-electron chi connectivity index (χ2n) is 4.02. The van der Waals surface area contributed by atoms with Gasteiger partial charge in [0.2, 0.25) is 0 Å². The first-order valence-corrected chi connectivity index (χ1v) is 5.72. The number of halogens is 3. The highest BCUT2D eigenvalue weighted by Crippen LogP contribution is 2.18. The molecule has 20 heavy (non-hydrogen) atoms. The summed E-state index contributed by atoms with van der Waals surface area (Å²) in [6.45, 7) is -1.31. The fourth-order valence-electron chi connectivity index (χ4n) is 1.58. The predicted molar refractivity (Wildman–Crippen MR) is 64.5 cm³/mol. The summed E-state index contributed by atoms with van der Waals surface area (Å²) >= 11 is 0. The average Bonchev–Trinajstić information content (AvgIpc) is 2.82. The molecule has 0 amide bonds. The third kappa shape index (κ3) is 3.92. The molecule has 0 atom stereocenters. The van der Waals surface area contributed by atoms with Crippen molar-refractivity contribution in [3.63, 3.8) is 0 Å². The van der Waals surface area contributed by atoms with E-state index in [1.54, 1.807) is 24.3 Å². The van der Waals surface area contributed by atoms with E-state index in [0.29, 0.717) is 17.1 Å². The molecule has 0 radical (unpaired) electrons. The van der Waals surface area contributed by atoms with E-state index in [0.717, 1.165) is 0 Å². The molecule has 0 aliphatic rings. The van der Waals surface area contributed by atoms with Crippen LogP contribution in [0.4, 0.5) is 18.9 Å². The Bertz CT molecular complexity index is 569. The van der Waals surface area contributed by atoms with Gasteiger partial charge in [-0.1, -0.05) is 12.1 Å². The second kappa shape index (κ2) is 5.87. The summed E-state index contributed by atoms with van der Waals surface area (Å²) in [6.07, 6.45) is -4.34. The first kappa shape index (κ1) is 14.3. The van der Waals surface area contributed by atoms with Crippen molar-refractivity contribution in [1.29, 1.82) is 0 Å². The van der Waals surface area contributed by atoms with Crippen LogP contribution in [0.3, 0.4) is 0 Å². The first-order chi connectivity index (χ1) is 9.46. The Morgan fingerprint density at radius 2 is 2.10 bits per heavy atom. The van der Waals surface area contributed by atoms with Crippen LogP contribution in [0.2, 0.25) is 0 Å². The Morgan fingerprint density at radius 3 is 2.80 bits per heavy atom. The van der Waals surface area contributed by atoms with E-state index in [-0.39, 0.29) is 13.2 Å². The van der Waals surface area contributed by atoms with Gasteiger partial charge in [0, 0.05) is 11.3 Å². The number of hydrogen-bond donors (Lipinski definition) is 1. The Kier molecular flexibility index (Phi) is 4.18. The molecule has 9 heteroatoms. The van der Waals surface area contributed by atoms with Gasteiger partial charge in [-0.2, -0.15) is 13.2 Å². The van der Waals surface area contributed by atoms with Crippen molar-refractivity contribution in [2.45, 2.75) is 12.7 Å². The van der Waals surface area contributed by atoms with Crippen molar-refractivity contribution < 1.29 is 17.9 Å². The number of nitrogens with zero attached hydrogens (tertiary/aromatic N) is 4. The summed E-state index contributed by atoms with van der Waals surface area (Å²) in [6, 6.07) is 6.89. The molecule has 0 saturated carbocycles. The van der Waals surface area contributed by atoms with E-state index in [2.05, 4.69) is 20.3 Å². The molecule has 0 unspecified atom stereocenters. The molecule has 0 spiro atoms. The van der Waals surface area contributed by atoms with Gasteiger partial charge in [-0.3, -0.25) is 0 Å². The Balaban J connectivity index is 1.99. The molecule has 1 aromatic heterocycles. The third-order valence-corrected chi connectivity index (χ3v) is 2.39. The lowest BCUT2D eigenvalue weighted by Gasteiger charge is -2.08. The maximum Gasteiger partial charge on any atom is 0.411 e. The Labute approximate surface area is 112 Å². The summed E-state index contributed by atoms with van der Waals surface area (Å²) in [5, 5.41) is 11.0. The van der Waals surface area contributed by atoms with Crippen molar-refractivity contribution in [1.82, 2.24) is 20.2 Å². The van der Waals surface area contributed by atoms with Crippen LogP contribution >= 0.6 is 0 Å². The lowest BCUT2D eigenvalue weighted by atomic mass is 10.2. The molecule has 0 saturated heterocycles. The third-order valence-electron chi connectivity index (χ3n) is 2.39. The molecule has 2 aromatic rings. The molecule has 2 rings (SSSR count). The molecule has 1 aromatic carbocycles. The SMILES string of the molecule is Nc1cccc(-c2nnnn2CCOCC(F)(F)F)c1. The van der Waals surface area contributed by atoms with Gasteiger partial charge in [0.05, 0.1) is 13.2 Å². The molecule has 0 aliphatic carbocycles. The number of ether oxygens (including phenoxy) is 1. The normalized spacial score (nSPS) is 11.8. The molecular formula is C11H12F3N5O. The monoisotopic (exact) mass is 287 g/mol. The van der Waals surface area contributed by atoms with Gasteiger partial charge in [-0.25, -0.2) is 4.68 Å². The summed E-state index contributed by atoms with van der Waals surface area (Å²) in [5.41, 5.74) is 6.89. The first-order valence-electron chi connectivity index (χ1n) is 5.72. The second-order valence-corrected chi connectivity index (χ2v) is 4.02. The van der Waals surface area contributed by atoms with Crippen LogP contribution in [0, 0.1) is 0 Å². The Morgan fingerprint density at radius 1 is 1.30 bits per heavy atom. The number of tetrazole rings is 1. The molecule has 6 nitrogen and oxygen atoms in total. The zero-order valence-electron chi connectivity index (χ0n) is 10.3. The van der Waals surface area contributed by atoms with Crippen molar-refractivity contribution >= 4 is 5.69 Å². The lowest BCUT2D eigenvalue weighted by molar-refractivity contribution is -0.174. The maximum atomic E-state index is 11.9. The van der Waals surface area contributed by atoms with Crippen LogP contribution < -0.4 is 5.73 Å². The fourth-order valence-corrected chi connectivity index (χ4v) is 1.58. The zero-order chi connectivity index (χ0) is 14.6. The van der Waals surface area contributed by atoms with Crippen LogP contribution in [0.5, 0.6) is 0 Å². The predicted octanol–water partition coefficient (Wildman–Crippen LogP) is 1.50. The van der Waals surface area contributed by atoms with Crippen LogP contribution in [0.1, 0.15) is 0 Å². The fraction of sp³-hybridized carbons (Fsp3) is 0.364. The van der Waals surface area contributed by atoms with Gasteiger partial charge >= 0.3 is 6.18 Å². The van der Waals surface area contributed by atoms with Gasteiger partial charge in [-0.05, 0) is 22.6 Å². The van der Waals surface area contributed by atoms with E-state index in [4.69, 9.17) is 5.73 Å². The lowest BCUT2D eigenvalue weighted by Crippen LogP contribution is -2.19. The number of benzene rings is 1. The number of aromatic nitrogens is 4. The highest BCUT2D eigenvalue weighted by atomic mass is 19.4. The smallest absolute Gasteiger partial charge is 0.399 e. The van der Waals surface area contributed by atoms with Crippen molar-refractivity contribution in [3.05, 3.63) is 24.3 Å². The van der Waals surface area contributed by atoms with Gasteiger partial charge in [-0.15, -0.1) is 5.10 Å². The molecular weight excluding hydrogens is 275 g/mol. The van der Waals surface area contributed by atoms with E-state index in [1.807, 2.05) is 0 Å². The van der Waals surface area contributed by atoms with E-state index in [9.17, 15) is 13.2 Å². The summed E-state index contributed by atoms with van der Waals surface area (Å²) in [5.74, 6) is 0.424. The van der Waals surface area contributed by atoms with E-state index < -0.39 is 12.8 Å². The number of hydrogen-bond acceptors (Lipinski definition) is 5. The minimum Gasteiger partial charge on any atom is -0.399 e. The average molecular weight is 287 g/mol. The highest BCUT2D eigenvalue weighted by Gasteiger charge is 2.27. The van der Waals surface area contributed by atoms with Crippen LogP contribution in [0.25, 0.3) is 11.4 Å². The molecule has 1 heterocycles. The van der Waals surface area contributed by atoms with Gasteiger partial charge < -0.3 is 10.5 Å². The number of nitrogen functional groups attached to an aromatic ring is 1. The molecule has 0 bridgehead atoms. The largest absolute Gasteiger partial charge is 0.411 e. The number of nitrogens with two attached hydrogens (primary N) is 1. The Hall–Kier alpha value is -2.16. The van der Waals surface area contributed by atoms with Gasteiger partial charge in [0.1, 0.15) is 6.61 Å². The zero-order valence-corrected chi connectivity index (χ0v) is 10.3. The summed E-state index contributed by atoms with van der Waals surface area (Å²) < 4.78 is 41.7. The molecule has 2 N–H and O–H groups in total. The minimum atomic E-state index is -4.34. The van der Waals surface area contributed by atoms with Crippen LogP contribution in [-0.2, 0) is 11.3 Å². The molecule has 0 aliphatic heterocycles. The summed E-state index contributed by atoms with van der Waals surface area (Å²) in [4.78, 5) is 0. The molecule has 108 valence electrons. The van der Waals surface area contributed by atoms with E-state index in [1.165, 1.54) is 4.68 Å². The van der Waals surface area contributed by atoms with Crippen LogP contribution in [0.15, 0.2) is 24.3 Å². The van der Waals surface area contributed by atoms with Crippen molar-refractivity contribution in [2.24, 2.45) is 0 Å². The van der Waals surface area contributed by atoms with Crippen LogP contribution in [-0.4, -0.2) is 39.6 Å². The minimum absolute atomic E-state index is 0.118. The highest BCUT2D eigenvalue weighted by molar-refractivity contribution is 5.60. The maximum absolute atomic E-state index is 11.9. The summed E-state index contributed by atoms with van der Waals surface area (Å²) in [7, 11) is 0.